The third-order valence-corrected chi connectivity index (χ3v) is 8.20. The first-order chi connectivity index (χ1) is 16.2. The van der Waals surface area contributed by atoms with Crippen molar-refractivity contribution < 1.29 is 27.5 Å². The Hall–Kier alpha value is -3.55. The quantitative estimate of drug-likeness (QED) is 0.428. The van der Waals surface area contributed by atoms with Crippen LogP contribution in [0.2, 0.25) is 0 Å². The molecule has 2 aliphatic rings. The maximum Gasteiger partial charge on any atom is 0.333 e. The number of carbonyl (C=O) groups excluding carboxylic acids is 2. The molecular formula is C21H18FN5O5S2. The number of anilines is 3. The lowest BCUT2D eigenvalue weighted by atomic mass is 9.94. The summed E-state index contributed by atoms with van der Waals surface area (Å²) in [5.74, 6) is -0.160. The van der Waals surface area contributed by atoms with Crippen LogP contribution in [0, 0.1) is 5.13 Å². The molecule has 10 nitrogen and oxygen atoms in total. The van der Waals surface area contributed by atoms with Gasteiger partial charge in [-0.25, -0.2) is 22.9 Å². The molecule has 0 aliphatic carbocycles. The lowest BCUT2D eigenvalue weighted by molar-refractivity contribution is -0.120. The van der Waals surface area contributed by atoms with Crippen LogP contribution in [0.15, 0.2) is 46.8 Å². The molecule has 1 aromatic carbocycles. The predicted molar refractivity (Wildman–Crippen MR) is 123 cm³/mol. The molecule has 0 saturated heterocycles. The van der Waals surface area contributed by atoms with Crippen LogP contribution in [0.4, 0.5) is 26.4 Å². The number of rotatable bonds is 4. The highest BCUT2D eigenvalue weighted by Gasteiger charge is 2.34. The molecule has 0 radical (unpaired) electrons. The number of amides is 3. The summed E-state index contributed by atoms with van der Waals surface area (Å²) in [6.07, 6.45) is 0.954. The maximum absolute atomic E-state index is 13.1. The van der Waals surface area contributed by atoms with E-state index in [4.69, 9.17) is 0 Å². The van der Waals surface area contributed by atoms with E-state index in [0.29, 0.717) is 16.9 Å². The van der Waals surface area contributed by atoms with Gasteiger partial charge in [-0.2, -0.15) is 4.39 Å². The van der Waals surface area contributed by atoms with E-state index >= 15 is 0 Å². The molecule has 13 heteroatoms. The average Bonchev–Trinajstić information content (AvgIpc) is 3.42. The molecule has 3 amide bonds. The number of hydrogen-bond donors (Lipinski definition) is 4. The summed E-state index contributed by atoms with van der Waals surface area (Å²) >= 11 is 0.389. The second kappa shape index (κ2) is 8.34. The average molecular weight is 504 g/mol. The zero-order valence-electron chi connectivity index (χ0n) is 17.4. The van der Waals surface area contributed by atoms with Gasteiger partial charge in [-0.05, 0) is 53.9 Å². The molecule has 0 saturated carbocycles. The van der Waals surface area contributed by atoms with Crippen LogP contribution >= 0.6 is 11.3 Å². The SMILES string of the molecule is O=C(Nc1ccc(N2C(=O)Cc3cc4c(cc3C2O)CCN4)nc1)NS(=O)(=O)c1ccc(F)s1. The maximum atomic E-state index is 13.1. The van der Waals surface area contributed by atoms with Crippen molar-refractivity contribution in [2.45, 2.75) is 23.3 Å². The number of urea groups is 1. The number of aliphatic hydroxyl groups excluding tert-OH is 1. The zero-order chi connectivity index (χ0) is 24.0. The van der Waals surface area contributed by atoms with E-state index in [1.54, 1.807) is 4.72 Å². The first kappa shape index (κ1) is 22.3. The molecule has 4 heterocycles. The van der Waals surface area contributed by atoms with Gasteiger partial charge in [0.1, 0.15) is 10.0 Å². The molecule has 4 N–H and O–H groups in total. The summed E-state index contributed by atoms with van der Waals surface area (Å²) in [7, 11) is -4.23. The molecule has 34 heavy (non-hydrogen) atoms. The van der Waals surface area contributed by atoms with Crippen LogP contribution in [0.5, 0.6) is 0 Å². The predicted octanol–water partition coefficient (Wildman–Crippen LogP) is 2.34. The Morgan fingerprint density at radius 2 is 2.06 bits per heavy atom. The molecule has 0 spiro atoms. The van der Waals surface area contributed by atoms with E-state index in [-0.39, 0.29) is 28.0 Å². The Balaban J connectivity index is 1.30. The van der Waals surface area contributed by atoms with Gasteiger partial charge in [-0.15, -0.1) is 0 Å². The van der Waals surface area contributed by atoms with Gasteiger partial charge < -0.3 is 15.7 Å². The molecule has 0 fully saturated rings. The fourth-order valence-electron chi connectivity index (χ4n) is 3.96. The van der Waals surface area contributed by atoms with Gasteiger partial charge >= 0.3 is 6.03 Å². The van der Waals surface area contributed by atoms with Gasteiger partial charge in [0.15, 0.2) is 11.4 Å². The molecule has 1 atom stereocenters. The number of aromatic nitrogens is 1. The van der Waals surface area contributed by atoms with Crippen molar-refractivity contribution in [3.63, 3.8) is 0 Å². The first-order valence-corrected chi connectivity index (χ1v) is 12.5. The Morgan fingerprint density at radius 1 is 1.24 bits per heavy atom. The van der Waals surface area contributed by atoms with Crippen molar-refractivity contribution in [2.24, 2.45) is 0 Å². The van der Waals surface area contributed by atoms with Crippen molar-refractivity contribution in [1.29, 1.82) is 0 Å². The van der Waals surface area contributed by atoms with E-state index in [1.165, 1.54) is 23.2 Å². The normalized spacial score (nSPS) is 17.1. The summed E-state index contributed by atoms with van der Waals surface area (Å²) in [6, 6.07) is 7.62. The Bertz CT molecular complexity index is 1410. The second-order valence-corrected chi connectivity index (χ2v) is 10.7. The monoisotopic (exact) mass is 503 g/mol. The number of aliphatic hydroxyl groups is 1. The number of halogens is 1. The fraction of sp³-hybridized carbons (Fsp3) is 0.190. The van der Waals surface area contributed by atoms with Crippen LogP contribution < -0.4 is 20.3 Å². The van der Waals surface area contributed by atoms with Crippen molar-refractivity contribution in [1.82, 2.24) is 9.71 Å². The number of benzene rings is 1. The fourth-order valence-corrected chi connectivity index (χ4v) is 5.87. The zero-order valence-corrected chi connectivity index (χ0v) is 19.0. The molecule has 176 valence electrons. The molecular weight excluding hydrogens is 485 g/mol. The molecule has 5 rings (SSSR count). The van der Waals surface area contributed by atoms with E-state index < -0.39 is 27.4 Å². The van der Waals surface area contributed by atoms with Crippen molar-refractivity contribution in [3.05, 3.63) is 64.4 Å². The second-order valence-electron chi connectivity index (χ2n) is 7.72. The number of nitrogens with one attached hydrogen (secondary N) is 3. The Kier molecular flexibility index (Phi) is 5.46. The van der Waals surface area contributed by atoms with Gasteiger partial charge in [-0.1, -0.05) is 11.3 Å². The van der Waals surface area contributed by atoms with E-state index in [2.05, 4.69) is 15.6 Å². The standard InChI is InChI=1S/C21H18FN5O5S2/c22-16-2-4-19(33-16)34(31,32)26-21(30)25-13-1-3-17(24-10-13)27-18(28)9-12-8-15-11(5-6-23-15)7-14(12)20(27)29/h1-4,7-8,10,20,23,29H,5-6,9H2,(H2,25,26,30). The van der Waals surface area contributed by atoms with Crippen molar-refractivity contribution in [3.8, 4) is 0 Å². The molecule has 1 unspecified atom stereocenters. The van der Waals surface area contributed by atoms with Crippen molar-refractivity contribution in [2.75, 3.05) is 22.1 Å². The lowest BCUT2D eigenvalue weighted by Gasteiger charge is -2.33. The van der Waals surface area contributed by atoms with Crippen molar-refractivity contribution >= 4 is 50.5 Å². The summed E-state index contributed by atoms with van der Waals surface area (Å²) in [4.78, 5) is 30.2. The van der Waals surface area contributed by atoms with Gasteiger partial charge in [-0.3, -0.25) is 9.69 Å². The smallest absolute Gasteiger partial charge is 0.333 e. The number of sulfonamides is 1. The highest BCUT2D eigenvalue weighted by Crippen LogP contribution is 2.36. The molecule has 3 aromatic rings. The topological polar surface area (TPSA) is 141 Å². The first-order valence-electron chi connectivity index (χ1n) is 10.2. The lowest BCUT2D eigenvalue weighted by Crippen LogP contribution is -2.41. The van der Waals surface area contributed by atoms with E-state index in [9.17, 15) is 27.5 Å². The van der Waals surface area contributed by atoms with Gasteiger partial charge in [0.05, 0.1) is 18.3 Å². The summed E-state index contributed by atoms with van der Waals surface area (Å²) < 4.78 is 38.8. The van der Waals surface area contributed by atoms with Crippen LogP contribution in [-0.2, 0) is 27.7 Å². The molecule has 2 aliphatic heterocycles. The van der Waals surface area contributed by atoms with Crippen LogP contribution in [-0.4, -0.2) is 37.0 Å². The van der Waals surface area contributed by atoms with Gasteiger partial charge in [0.2, 0.25) is 5.91 Å². The number of thiophene rings is 1. The number of nitrogens with zero attached hydrogens (tertiary/aromatic N) is 2. The molecule has 2 aromatic heterocycles. The number of fused-ring (bicyclic) bond motifs is 2. The van der Waals surface area contributed by atoms with Crippen LogP contribution in [0.3, 0.4) is 0 Å². The number of pyridine rings is 1. The summed E-state index contributed by atoms with van der Waals surface area (Å²) in [6.45, 7) is 0.807. The van der Waals surface area contributed by atoms with Crippen LogP contribution in [0.1, 0.15) is 22.9 Å². The van der Waals surface area contributed by atoms with E-state index in [1.807, 2.05) is 12.1 Å². The number of hydrogen-bond acceptors (Lipinski definition) is 8. The highest BCUT2D eigenvalue weighted by atomic mass is 32.2. The minimum absolute atomic E-state index is 0.104. The van der Waals surface area contributed by atoms with Gasteiger partial charge in [0.25, 0.3) is 10.0 Å². The minimum atomic E-state index is -4.23. The summed E-state index contributed by atoms with van der Waals surface area (Å²) in [5, 5.41) is 15.8. The summed E-state index contributed by atoms with van der Waals surface area (Å²) in [5.41, 5.74) is 3.59. The largest absolute Gasteiger partial charge is 0.384 e. The highest BCUT2D eigenvalue weighted by molar-refractivity contribution is 7.92. The number of carbonyl (C=O) groups is 2. The Labute approximate surface area is 197 Å². The van der Waals surface area contributed by atoms with Crippen LogP contribution in [0.25, 0.3) is 0 Å². The van der Waals surface area contributed by atoms with Gasteiger partial charge in [0, 0.05) is 17.8 Å². The minimum Gasteiger partial charge on any atom is -0.384 e. The van der Waals surface area contributed by atoms with E-state index in [0.717, 1.165) is 41.9 Å². The Morgan fingerprint density at radius 3 is 2.76 bits per heavy atom. The molecule has 0 bridgehead atoms. The third kappa shape index (κ3) is 4.08. The third-order valence-electron chi connectivity index (χ3n) is 5.50.